The number of amides is 1. The summed E-state index contributed by atoms with van der Waals surface area (Å²) in [7, 11) is 0. The molecule has 0 saturated heterocycles. The number of ketones is 1. The van der Waals surface area contributed by atoms with Crippen LogP contribution in [0.3, 0.4) is 0 Å². The molecule has 0 unspecified atom stereocenters. The van der Waals surface area contributed by atoms with Crippen LogP contribution in [0.25, 0.3) is 0 Å². The molecule has 29 heavy (non-hydrogen) atoms. The first kappa shape index (κ1) is 20.5. The Hall–Kier alpha value is -3.19. The lowest BCUT2D eigenvalue weighted by atomic mass is 10.1. The number of aromatic nitrogens is 1. The van der Waals surface area contributed by atoms with Crippen molar-refractivity contribution < 1.29 is 19.1 Å². The molecule has 0 spiro atoms. The van der Waals surface area contributed by atoms with E-state index in [1.54, 1.807) is 17.5 Å². The number of ether oxygens (including phenoxy) is 1. The Balaban J connectivity index is 1.54. The normalized spacial score (nSPS) is 10.6. The largest absolute Gasteiger partial charge is 0.456 e. The van der Waals surface area contributed by atoms with Crippen LogP contribution in [0.5, 0.6) is 0 Å². The van der Waals surface area contributed by atoms with Crippen molar-refractivity contribution in [2.24, 2.45) is 0 Å². The molecular weight excluding hydrogens is 388 g/mol. The highest BCUT2D eigenvalue weighted by atomic mass is 32.1. The van der Waals surface area contributed by atoms with E-state index in [0.717, 1.165) is 17.0 Å². The lowest BCUT2D eigenvalue weighted by molar-refractivity contribution is -0.141. The van der Waals surface area contributed by atoms with Crippen molar-refractivity contribution >= 4 is 29.0 Å². The molecule has 0 bridgehead atoms. The minimum atomic E-state index is -0.652. The third-order valence-corrected chi connectivity index (χ3v) is 5.43. The van der Waals surface area contributed by atoms with Crippen LogP contribution in [0, 0.1) is 13.8 Å². The van der Waals surface area contributed by atoms with E-state index in [4.69, 9.17) is 4.74 Å². The Morgan fingerprint density at radius 2 is 1.83 bits per heavy atom. The molecule has 1 aromatic carbocycles. The Labute approximate surface area is 173 Å². The molecule has 2 aromatic heterocycles. The number of benzene rings is 1. The van der Waals surface area contributed by atoms with Gasteiger partial charge in [-0.15, -0.1) is 11.3 Å². The average Bonchev–Trinajstić information content (AvgIpc) is 3.35. The van der Waals surface area contributed by atoms with E-state index in [9.17, 15) is 14.4 Å². The number of hydrogen-bond donors (Lipinski definition) is 1. The van der Waals surface area contributed by atoms with Gasteiger partial charge in [-0.3, -0.25) is 14.4 Å². The van der Waals surface area contributed by atoms with Crippen LogP contribution in [0.4, 0.5) is 0 Å². The Bertz CT molecular complexity index is 1010. The van der Waals surface area contributed by atoms with E-state index >= 15 is 0 Å². The predicted molar refractivity (Wildman–Crippen MR) is 111 cm³/mol. The quantitative estimate of drug-likeness (QED) is 0.456. The SMILES string of the molecule is Cc1cc(C(=O)COC(=O)CNC(=O)c2cccs2)c(C)n1Cc1ccccc1. The fourth-order valence-electron chi connectivity index (χ4n) is 3.01. The third-order valence-electron chi connectivity index (χ3n) is 4.56. The molecule has 7 heteroatoms. The first-order valence-electron chi connectivity index (χ1n) is 9.17. The number of thiophene rings is 1. The van der Waals surface area contributed by atoms with Crippen LogP contribution in [-0.4, -0.2) is 35.4 Å². The average molecular weight is 410 g/mol. The first-order chi connectivity index (χ1) is 14.0. The van der Waals surface area contributed by atoms with E-state index in [0.29, 0.717) is 17.0 Å². The maximum atomic E-state index is 12.5. The van der Waals surface area contributed by atoms with Crippen LogP contribution in [-0.2, 0) is 16.1 Å². The monoisotopic (exact) mass is 410 g/mol. The summed E-state index contributed by atoms with van der Waals surface area (Å²) >= 11 is 1.28. The summed E-state index contributed by atoms with van der Waals surface area (Å²) in [5, 5.41) is 4.26. The molecule has 0 atom stereocenters. The van der Waals surface area contributed by atoms with Crippen molar-refractivity contribution in [3.05, 3.63) is 81.3 Å². The summed E-state index contributed by atoms with van der Waals surface area (Å²) in [6, 6.07) is 15.2. The number of rotatable bonds is 8. The minimum absolute atomic E-state index is 0.268. The lowest BCUT2D eigenvalue weighted by Gasteiger charge is -2.10. The second kappa shape index (κ2) is 9.34. The summed E-state index contributed by atoms with van der Waals surface area (Å²) < 4.78 is 7.10. The summed E-state index contributed by atoms with van der Waals surface area (Å²) in [6.07, 6.45) is 0. The molecule has 3 rings (SSSR count). The van der Waals surface area contributed by atoms with E-state index < -0.39 is 5.97 Å². The van der Waals surface area contributed by atoms with Crippen LogP contribution < -0.4 is 5.32 Å². The van der Waals surface area contributed by atoms with Gasteiger partial charge in [0.15, 0.2) is 6.61 Å². The van der Waals surface area contributed by atoms with Gasteiger partial charge in [-0.25, -0.2) is 0 Å². The van der Waals surface area contributed by atoms with Crippen molar-refractivity contribution in [2.75, 3.05) is 13.2 Å². The molecule has 0 fully saturated rings. The van der Waals surface area contributed by atoms with Gasteiger partial charge in [0, 0.05) is 23.5 Å². The van der Waals surface area contributed by atoms with Crippen molar-refractivity contribution in [3.8, 4) is 0 Å². The Kier molecular flexibility index (Phi) is 6.61. The summed E-state index contributed by atoms with van der Waals surface area (Å²) in [5.74, 6) is -1.26. The second-order valence-corrected chi connectivity index (χ2v) is 7.55. The molecular formula is C22H22N2O4S. The minimum Gasteiger partial charge on any atom is -0.456 e. The van der Waals surface area contributed by atoms with Crippen molar-refractivity contribution in [3.63, 3.8) is 0 Å². The van der Waals surface area contributed by atoms with Crippen molar-refractivity contribution in [1.29, 1.82) is 0 Å². The number of nitrogens with one attached hydrogen (secondary N) is 1. The van der Waals surface area contributed by atoms with Crippen molar-refractivity contribution in [1.82, 2.24) is 9.88 Å². The van der Waals surface area contributed by atoms with Gasteiger partial charge in [-0.2, -0.15) is 0 Å². The maximum Gasteiger partial charge on any atom is 0.325 e. The second-order valence-electron chi connectivity index (χ2n) is 6.60. The number of Topliss-reactive ketones (excluding diaryl/α,β-unsaturated/α-hetero) is 1. The number of nitrogens with zero attached hydrogens (tertiary/aromatic N) is 1. The molecule has 0 aliphatic heterocycles. The standard InChI is InChI=1S/C22H22N2O4S/c1-15-11-18(16(2)24(15)13-17-7-4-3-5-8-17)19(25)14-28-21(26)12-23-22(27)20-9-6-10-29-20/h3-11H,12-14H2,1-2H3,(H,23,27). The zero-order valence-corrected chi connectivity index (χ0v) is 17.1. The topological polar surface area (TPSA) is 77.4 Å². The zero-order chi connectivity index (χ0) is 20.8. The highest BCUT2D eigenvalue weighted by molar-refractivity contribution is 7.12. The van der Waals surface area contributed by atoms with E-state index in [-0.39, 0.29) is 24.8 Å². The molecule has 1 amide bonds. The lowest BCUT2D eigenvalue weighted by Crippen LogP contribution is -2.31. The number of carbonyl (C=O) groups excluding carboxylic acids is 3. The van der Waals surface area contributed by atoms with E-state index in [1.807, 2.05) is 50.2 Å². The molecule has 0 radical (unpaired) electrons. The number of esters is 1. The molecule has 1 N–H and O–H groups in total. The van der Waals surface area contributed by atoms with Gasteiger partial charge in [0.05, 0.1) is 4.88 Å². The van der Waals surface area contributed by atoms with Gasteiger partial charge in [-0.1, -0.05) is 36.4 Å². The smallest absolute Gasteiger partial charge is 0.325 e. The van der Waals surface area contributed by atoms with Crippen LogP contribution in [0.15, 0.2) is 53.9 Å². The summed E-state index contributed by atoms with van der Waals surface area (Å²) in [4.78, 5) is 36.7. The van der Waals surface area contributed by atoms with Gasteiger partial charge >= 0.3 is 5.97 Å². The van der Waals surface area contributed by atoms with Gasteiger partial charge in [0.25, 0.3) is 5.91 Å². The number of aryl methyl sites for hydroxylation is 1. The zero-order valence-electron chi connectivity index (χ0n) is 16.3. The Morgan fingerprint density at radius 3 is 2.52 bits per heavy atom. The molecule has 0 aliphatic carbocycles. The maximum absolute atomic E-state index is 12.5. The highest BCUT2D eigenvalue weighted by Gasteiger charge is 2.18. The van der Waals surface area contributed by atoms with Crippen LogP contribution in [0.1, 0.15) is 37.0 Å². The van der Waals surface area contributed by atoms with Gasteiger partial charge in [0.2, 0.25) is 5.78 Å². The van der Waals surface area contributed by atoms with Gasteiger partial charge in [0.1, 0.15) is 6.54 Å². The first-order valence-corrected chi connectivity index (χ1v) is 10.0. The van der Waals surface area contributed by atoms with Crippen LogP contribution in [0.2, 0.25) is 0 Å². The van der Waals surface area contributed by atoms with Crippen molar-refractivity contribution in [2.45, 2.75) is 20.4 Å². The fraction of sp³-hybridized carbons (Fsp3) is 0.227. The molecule has 150 valence electrons. The van der Waals surface area contributed by atoms with E-state index in [2.05, 4.69) is 9.88 Å². The number of hydrogen-bond acceptors (Lipinski definition) is 5. The summed E-state index contributed by atoms with van der Waals surface area (Å²) in [6.45, 7) is 3.85. The molecule has 0 aliphatic rings. The fourth-order valence-corrected chi connectivity index (χ4v) is 3.65. The highest BCUT2D eigenvalue weighted by Crippen LogP contribution is 2.18. The molecule has 6 nitrogen and oxygen atoms in total. The summed E-state index contributed by atoms with van der Waals surface area (Å²) in [5.41, 5.74) is 3.47. The third kappa shape index (κ3) is 5.20. The number of carbonyl (C=O) groups is 3. The molecule has 2 heterocycles. The van der Waals surface area contributed by atoms with Gasteiger partial charge < -0.3 is 14.6 Å². The predicted octanol–water partition coefficient (Wildman–Crippen LogP) is 3.37. The van der Waals surface area contributed by atoms with Gasteiger partial charge in [-0.05, 0) is 36.9 Å². The Morgan fingerprint density at radius 1 is 1.07 bits per heavy atom. The molecule has 3 aromatic rings. The van der Waals surface area contributed by atoms with E-state index in [1.165, 1.54) is 11.3 Å². The van der Waals surface area contributed by atoms with Crippen LogP contribution >= 0.6 is 11.3 Å². The molecule has 0 saturated carbocycles.